The van der Waals surface area contributed by atoms with E-state index < -0.39 is 0 Å². The maximum Gasteiger partial charge on any atom is 0.203 e. The van der Waals surface area contributed by atoms with E-state index in [1.165, 1.54) is 0 Å². The zero-order valence-electron chi connectivity index (χ0n) is 11.0. The molecule has 1 aromatic heterocycles. The molecule has 0 amide bonds. The molecule has 0 spiro atoms. The van der Waals surface area contributed by atoms with Crippen LogP contribution in [0.3, 0.4) is 0 Å². The van der Waals surface area contributed by atoms with Gasteiger partial charge in [0.2, 0.25) is 5.82 Å². The van der Waals surface area contributed by atoms with Crippen molar-refractivity contribution in [2.45, 2.75) is 33.2 Å². The van der Waals surface area contributed by atoms with Crippen LogP contribution >= 0.6 is 0 Å². The van der Waals surface area contributed by atoms with Gasteiger partial charge in [-0.25, -0.2) is 0 Å². The summed E-state index contributed by atoms with van der Waals surface area (Å²) in [5.41, 5.74) is 0. The molecule has 2 rings (SSSR count). The molecule has 0 aliphatic heterocycles. The molecule has 0 aliphatic carbocycles. The van der Waals surface area contributed by atoms with Crippen LogP contribution in [0.2, 0.25) is 0 Å². The highest BCUT2D eigenvalue weighted by Crippen LogP contribution is 2.22. The number of benzene rings is 1. The van der Waals surface area contributed by atoms with E-state index in [0.717, 1.165) is 17.2 Å². The summed E-state index contributed by atoms with van der Waals surface area (Å²) >= 11 is 0. The van der Waals surface area contributed by atoms with Gasteiger partial charge in [-0.2, -0.15) is 10.2 Å². The molecule has 0 fully saturated rings. The number of nitrogens with zero attached hydrogens (tertiary/aromatic N) is 4. The van der Waals surface area contributed by atoms with Gasteiger partial charge in [0.05, 0.1) is 12.2 Å². The molecule has 0 aliphatic rings. The second-order valence-electron chi connectivity index (χ2n) is 4.95. The largest absolute Gasteiger partial charge is 0.203 e. The third-order valence-electron chi connectivity index (χ3n) is 2.71. The van der Waals surface area contributed by atoms with Crippen LogP contribution in [0.15, 0.2) is 40.7 Å². The van der Waals surface area contributed by atoms with Crippen molar-refractivity contribution in [2.24, 2.45) is 16.1 Å². The smallest absolute Gasteiger partial charge is 0.184 e. The summed E-state index contributed by atoms with van der Waals surface area (Å²) in [6.45, 7) is 6.44. The van der Waals surface area contributed by atoms with Gasteiger partial charge < -0.3 is 0 Å². The molecule has 1 atom stereocenters. The van der Waals surface area contributed by atoms with Gasteiger partial charge in [0.15, 0.2) is 0 Å². The monoisotopic (exact) mass is 242 g/mol. The lowest BCUT2D eigenvalue weighted by atomic mass is 10.1. The summed E-state index contributed by atoms with van der Waals surface area (Å²) < 4.78 is 0. The molecule has 4 heteroatoms. The molecule has 0 bridgehead atoms. The van der Waals surface area contributed by atoms with Crippen molar-refractivity contribution >= 4 is 16.6 Å². The molecule has 1 aromatic carbocycles. The van der Waals surface area contributed by atoms with Crippen molar-refractivity contribution in [1.82, 2.24) is 10.2 Å². The van der Waals surface area contributed by atoms with Gasteiger partial charge in [0.25, 0.3) is 0 Å². The fourth-order valence-corrected chi connectivity index (χ4v) is 1.97. The number of aromatic nitrogens is 2. The minimum atomic E-state index is 0.214. The first-order valence-electron chi connectivity index (χ1n) is 6.28. The van der Waals surface area contributed by atoms with Crippen molar-refractivity contribution in [3.05, 3.63) is 30.5 Å². The molecular formula is C14H18N4. The fraction of sp³-hybridized carbons (Fsp3) is 0.429. The molecular weight excluding hydrogens is 224 g/mol. The predicted octanol–water partition coefficient (Wildman–Crippen LogP) is 4.15. The molecule has 0 saturated carbocycles. The van der Waals surface area contributed by atoms with Crippen LogP contribution in [0.5, 0.6) is 0 Å². The van der Waals surface area contributed by atoms with Gasteiger partial charge in [-0.1, -0.05) is 38.1 Å². The number of hydrogen-bond acceptors (Lipinski definition) is 4. The number of rotatable bonds is 4. The summed E-state index contributed by atoms with van der Waals surface area (Å²) in [5.74, 6) is 1.22. The Kier molecular flexibility index (Phi) is 3.97. The van der Waals surface area contributed by atoms with Crippen LogP contribution in [0.1, 0.15) is 27.2 Å². The molecule has 0 radical (unpaired) electrons. The van der Waals surface area contributed by atoms with Crippen LogP contribution in [0.25, 0.3) is 10.8 Å². The molecule has 4 nitrogen and oxygen atoms in total. The third-order valence-corrected chi connectivity index (χ3v) is 2.71. The van der Waals surface area contributed by atoms with E-state index in [-0.39, 0.29) is 6.04 Å². The lowest BCUT2D eigenvalue weighted by molar-refractivity contribution is 0.509. The van der Waals surface area contributed by atoms with Gasteiger partial charge in [-0.05, 0) is 19.3 Å². The molecule has 0 saturated heterocycles. The summed E-state index contributed by atoms with van der Waals surface area (Å²) in [4.78, 5) is 0. The Bertz CT molecular complexity index is 543. The normalized spacial score (nSPS) is 13.6. The Balaban J connectivity index is 2.24. The van der Waals surface area contributed by atoms with Crippen molar-refractivity contribution < 1.29 is 0 Å². The van der Waals surface area contributed by atoms with E-state index in [1.54, 1.807) is 6.20 Å². The topological polar surface area (TPSA) is 50.5 Å². The highest BCUT2D eigenvalue weighted by atomic mass is 15.2. The minimum Gasteiger partial charge on any atom is -0.184 e. The summed E-state index contributed by atoms with van der Waals surface area (Å²) in [7, 11) is 0. The highest BCUT2D eigenvalue weighted by molar-refractivity contribution is 5.89. The number of azo groups is 1. The van der Waals surface area contributed by atoms with Crippen LogP contribution in [-0.4, -0.2) is 16.2 Å². The highest BCUT2D eigenvalue weighted by Gasteiger charge is 2.05. The molecule has 94 valence electrons. The molecule has 0 N–H and O–H groups in total. The van der Waals surface area contributed by atoms with Crippen molar-refractivity contribution in [2.75, 3.05) is 0 Å². The number of fused-ring (bicyclic) bond motifs is 1. The van der Waals surface area contributed by atoms with Crippen LogP contribution < -0.4 is 0 Å². The quantitative estimate of drug-likeness (QED) is 0.756. The van der Waals surface area contributed by atoms with E-state index in [2.05, 4.69) is 41.2 Å². The van der Waals surface area contributed by atoms with Crippen molar-refractivity contribution in [1.29, 1.82) is 0 Å². The first kappa shape index (κ1) is 12.6. The maximum atomic E-state index is 4.31. The van der Waals surface area contributed by atoms with Crippen molar-refractivity contribution in [3.8, 4) is 0 Å². The zero-order chi connectivity index (χ0) is 13.0. The van der Waals surface area contributed by atoms with Crippen molar-refractivity contribution in [3.63, 3.8) is 0 Å². The van der Waals surface area contributed by atoms with Gasteiger partial charge in [-0.15, -0.1) is 10.2 Å². The third kappa shape index (κ3) is 3.09. The summed E-state index contributed by atoms with van der Waals surface area (Å²) in [6, 6.07) is 8.16. The fourth-order valence-electron chi connectivity index (χ4n) is 1.97. The average molecular weight is 242 g/mol. The lowest BCUT2D eigenvalue weighted by Crippen LogP contribution is -2.01. The first-order valence-corrected chi connectivity index (χ1v) is 6.28. The van der Waals surface area contributed by atoms with Gasteiger partial charge in [-0.3, -0.25) is 0 Å². The van der Waals surface area contributed by atoms with E-state index in [1.807, 2.05) is 24.3 Å². The zero-order valence-corrected chi connectivity index (χ0v) is 11.0. The van der Waals surface area contributed by atoms with E-state index in [9.17, 15) is 0 Å². The Morgan fingerprint density at radius 3 is 2.72 bits per heavy atom. The standard InChI is InChI=1S/C14H18N4/c1-10(2)8-11(3)16-18-14-13-7-5-4-6-12(13)9-15-17-14/h4-7,9-11H,8H2,1-3H3. The second kappa shape index (κ2) is 5.67. The Morgan fingerprint density at radius 2 is 1.94 bits per heavy atom. The van der Waals surface area contributed by atoms with E-state index in [0.29, 0.717) is 11.7 Å². The molecule has 1 unspecified atom stereocenters. The van der Waals surface area contributed by atoms with Crippen LogP contribution in [0, 0.1) is 5.92 Å². The SMILES string of the molecule is CC(C)CC(C)N=Nc1nncc2ccccc12. The van der Waals surface area contributed by atoms with Gasteiger partial charge in [0.1, 0.15) is 0 Å². The van der Waals surface area contributed by atoms with Gasteiger partial charge >= 0.3 is 0 Å². The molecule has 2 aromatic rings. The number of hydrogen-bond donors (Lipinski definition) is 0. The molecule has 1 heterocycles. The van der Waals surface area contributed by atoms with Crippen LogP contribution in [0.4, 0.5) is 5.82 Å². The van der Waals surface area contributed by atoms with E-state index >= 15 is 0 Å². The summed E-state index contributed by atoms with van der Waals surface area (Å²) in [5, 5.41) is 18.6. The minimum absolute atomic E-state index is 0.214. The summed E-state index contributed by atoms with van der Waals surface area (Å²) in [6.07, 6.45) is 2.77. The molecule has 18 heavy (non-hydrogen) atoms. The predicted molar refractivity (Wildman–Crippen MR) is 73.0 cm³/mol. The van der Waals surface area contributed by atoms with Gasteiger partial charge in [0, 0.05) is 10.8 Å². The first-order chi connectivity index (χ1) is 8.66. The Labute approximate surface area is 107 Å². The Morgan fingerprint density at radius 1 is 1.17 bits per heavy atom. The average Bonchev–Trinajstić information content (AvgIpc) is 2.35. The van der Waals surface area contributed by atoms with E-state index in [4.69, 9.17) is 0 Å². The maximum absolute atomic E-state index is 4.31. The Hall–Kier alpha value is -1.84. The lowest BCUT2D eigenvalue weighted by Gasteiger charge is -2.07. The second-order valence-corrected chi connectivity index (χ2v) is 4.95. The van der Waals surface area contributed by atoms with Crippen LogP contribution in [-0.2, 0) is 0 Å².